The molecule has 0 aromatic carbocycles. The second kappa shape index (κ2) is 30.6. The topological polar surface area (TPSA) is 147 Å². The Morgan fingerprint density at radius 2 is 0.983 bits per heavy atom. The first kappa shape index (κ1) is 51.7. The maximum Gasteiger partial charge on any atom is 0.472 e. The highest BCUT2D eigenvalue weighted by Crippen LogP contribution is 2.43. The molecule has 2 aromatic rings. The van der Waals surface area contributed by atoms with E-state index in [-0.39, 0.29) is 26.1 Å². The Hall–Kier alpha value is -2.43. The molecule has 0 fully saturated rings. The number of aryl methyl sites for hydroxylation is 4. The molecule has 0 aliphatic carbocycles. The van der Waals surface area contributed by atoms with Gasteiger partial charge in [0.05, 0.1) is 13.2 Å². The Labute approximate surface area is 351 Å². The van der Waals surface area contributed by atoms with Crippen LogP contribution >= 0.6 is 7.82 Å². The molecule has 0 saturated heterocycles. The Bertz CT molecular complexity index is 1470. The third kappa shape index (κ3) is 21.7. The van der Waals surface area contributed by atoms with E-state index in [0.29, 0.717) is 19.4 Å². The summed E-state index contributed by atoms with van der Waals surface area (Å²) in [5, 5.41) is 2.82. The summed E-state index contributed by atoms with van der Waals surface area (Å²) in [6, 6.07) is 0. The van der Waals surface area contributed by atoms with Crippen molar-refractivity contribution in [2.24, 2.45) is 0 Å². The number of likely N-dealkylation sites (N-methyl/N-ethyl adjacent to an activating group) is 1. The molecule has 0 radical (unpaired) electrons. The van der Waals surface area contributed by atoms with E-state index in [0.717, 1.165) is 119 Å². The van der Waals surface area contributed by atoms with Gasteiger partial charge in [0.1, 0.15) is 29.6 Å². The van der Waals surface area contributed by atoms with Crippen LogP contribution in [0.25, 0.3) is 0 Å². The minimum Gasteiger partial charge on any atom is -0.466 e. The third-order valence-corrected chi connectivity index (χ3v) is 12.1. The fourth-order valence-electron chi connectivity index (χ4n) is 7.18. The van der Waals surface area contributed by atoms with Gasteiger partial charge in [-0.05, 0) is 95.5 Å². The third-order valence-electron chi connectivity index (χ3n) is 11.1. The van der Waals surface area contributed by atoms with E-state index in [1.807, 2.05) is 0 Å². The zero-order valence-electron chi connectivity index (χ0n) is 37.4. The van der Waals surface area contributed by atoms with Gasteiger partial charge in [0.15, 0.2) is 6.10 Å². The van der Waals surface area contributed by atoms with Crippen LogP contribution < -0.4 is 5.32 Å². The summed E-state index contributed by atoms with van der Waals surface area (Å²) in [5.41, 5.74) is 5.25. The first-order valence-electron chi connectivity index (χ1n) is 22.7. The van der Waals surface area contributed by atoms with E-state index in [1.54, 1.807) is 7.05 Å². The molecule has 0 aliphatic rings. The standard InChI is InChI=1S/C46H80NO10P/c1-8-26-41-36(3)38(5)43(56-41)28-22-18-14-10-12-16-20-24-30-45(48)52-34-40(35-54-58(50,51)53-33-32-47-7)55-46(49)31-25-21-17-13-11-15-19-23-29-44-39(6)37(4)42(57-44)27-9-2/h40,47H,8-35H2,1-7H3,(H,50,51)/t40-/m1/s1. The van der Waals surface area contributed by atoms with E-state index >= 15 is 0 Å². The summed E-state index contributed by atoms with van der Waals surface area (Å²) in [4.78, 5) is 35.3. The van der Waals surface area contributed by atoms with Crippen LogP contribution in [0.4, 0.5) is 0 Å². The number of ether oxygens (including phenoxy) is 2. The van der Waals surface area contributed by atoms with Crippen molar-refractivity contribution in [2.45, 2.75) is 202 Å². The van der Waals surface area contributed by atoms with Crippen LogP contribution in [0.3, 0.4) is 0 Å². The minimum absolute atomic E-state index is 0.0287. The smallest absolute Gasteiger partial charge is 0.466 e. The summed E-state index contributed by atoms with van der Waals surface area (Å²) in [5.74, 6) is 3.74. The summed E-state index contributed by atoms with van der Waals surface area (Å²) < 4.78 is 45.6. The lowest BCUT2D eigenvalue weighted by molar-refractivity contribution is -0.161. The quantitative estimate of drug-likeness (QED) is 0.0384. The molecule has 2 atom stereocenters. The molecule has 12 heteroatoms. The molecule has 2 rings (SSSR count). The van der Waals surface area contributed by atoms with E-state index in [9.17, 15) is 19.0 Å². The largest absolute Gasteiger partial charge is 0.472 e. The first-order valence-corrected chi connectivity index (χ1v) is 24.2. The minimum atomic E-state index is -4.37. The van der Waals surface area contributed by atoms with E-state index in [1.165, 1.54) is 54.4 Å². The molecule has 0 amide bonds. The first-order chi connectivity index (χ1) is 27.9. The lowest BCUT2D eigenvalue weighted by Gasteiger charge is -2.20. The van der Waals surface area contributed by atoms with Crippen LogP contribution in [0, 0.1) is 27.7 Å². The predicted octanol–water partition coefficient (Wildman–Crippen LogP) is 11.6. The molecule has 0 spiro atoms. The van der Waals surface area contributed by atoms with Crippen LogP contribution in [0.15, 0.2) is 8.83 Å². The number of furan rings is 2. The summed E-state index contributed by atoms with van der Waals surface area (Å²) in [7, 11) is -2.68. The highest BCUT2D eigenvalue weighted by molar-refractivity contribution is 7.47. The number of unbranched alkanes of at least 4 members (excludes halogenated alkanes) is 14. The zero-order valence-corrected chi connectivity index (χ0v) is 38.3. The lowest BCUT2D eigenvalue weighted by Crippen LogP contribution is -2.29. The van der Waals surface area contributed by atoms with Gasteiger partial charge < -0.3 is 28.5 Å². The van der Waals surface area contributed by atoms with Crippen LogP contribution in [0.5, 0.6) is 0 Å². The van der Waals surface area contributed by atoms with Crippen molar-refractivity contribution in [3.8, 4) is 0 Å². The van der Waals surface area contributed by atoms with Gasteiger partial charge in [-0.2, -0.15) is 0 Å². The van der Waals surface area contributed by atoms with Crippen molar-refractivity contribution < 1.29 is 46.4 Å². The summed E-state index contributed by atoms with van der Waals surface area (Å²) in [6.45, 7) is 12.7. The van der Waals surface area contributed by atoms with E-state index < -0.39 is 32.5 Å². The van der Waals surface area contributed by atoms with Crippen LogP contribution in [0.2, 0.25) is 0 Å². The molecule has 11 nitrogen and oxygen atoms in total. The number of esters is 2. The molecule has 0 aliphatic heterocycles. The number of rotatable bonds is 36. The van der Waals surface area contributed by atoms with E-state index in [2.05, 4.69) is 46.9 Å². The van der Waals surface area contributed by atoms with Gasteiger partial charge in [-0.3, -0.25) is 18.6 Å². The van der Waals surface area contributed by atoms with Gasteiger partial charge in [0.2, 0.25) is 0 Å². The van der Waals surface area contributed by atoms with Crippen molar-refractivity contribution in [1.82, 2.24) is 5.32 Å². The predicted molar refractivity (Wildman–Crippen MR) is 231 cm³/mol. The molecule has 334 valence electrons. The number of nitrogens with one attached hydrogen (secondary N) is 1. The SMILES string of the molecule is CCCc1oc(CCCCCCCCCCC(=O)OC[C@H](COP(=O)(O)OCCNC)OC(=O)CCCCCCCCCCc2oc(CCC)c(C)c2C)c(C)c1C. The molecular formula is C46H80NO10P. The molecule has 1 unspecified atom stereocenters. The Kier molecular flexibility index (Phi) is 27.3. The van der Waals surface area contributed by atoms with Gasteiger partial charge in [0.25, 0.3) is 0 Å². The molecule has 2 N–H and O–H groups in total. The van der Waals surface area contributed by atoms with Gasteiger partial charge in [-0.1, -0.05) is 90.9 Å². The Balaban J connectivity index is 1.60. The fourth-order valence-corrected chi connectivity index (χ4v) is 7.93. The van der Waals surface area contributed by atoms with Crippen LogP contribution in [-0.4, -0.2) is 56.3 Å². The number of carbonyl (C=O) groups excluding carboxylic acids is 2. The van der Waals surface area contributed by atoms with Gasteiger partial charge >= 0.3 is 19.8 Å². The van der Waals surface area contributed by atoms with Crippen LogP contribution in [0.1, 0.15) is 188 Å². The summed E-state index contributed by atoms with van der Waals surface area (Å²) in [6.07, 6.45) is 22.6. The van der Waals surface area contributed by atoms with Crippen molar-refractivity contribution >= 4 is 19.8 Å². The molecule has 2 heterocycles. The highest BCUT2D eigenvalue weighted by atomic mass is 31.2. The Morgan fingerprint density at radius 1 is 0.586 bits per heavy atom. The number of hydrogen-bond acceptors (Lipinski definition) is 10. The van der Waals surface area contributed by atoms with Gasteiger partial charge in [-0.25, -0.2) is 4.57 Å². The number of phosphoric ester groups is 1. The van der Waals surface area contributed by atoms with E-state index in [4.69, 9.17) is 27.4 Å². The van der Waals surface area contributed by atoms with Gasteiger partial charge in [-0.15, -0.1) is 0 Å². The van der Waals surface area contributed by atoms with Crippen LogP contribution in [-0.2, 0) is 58.4 Å². The summed E-state index contributed by atoms with van der Waals surface area (Å²) >= 11 is 0. The normalized spacial score (nSPS) is 13.2. The average molecular weight is 838 g/mol. The Morgan fingerprint density at radius 3 is 1.41 bits per heavy atom. The fraction of sp³-hybridized carbons (Fsp3) is 0.783. The van der Waals surface area contributed by atoms with Gasteiger partial charge in [0, 0.05) is 45.1 Å². The zero-order chi connectivity index (χ0) is 42.6. The molecule has 58 heavy (non-hydrogen) atoms. The van der Waals surface area contributed by atoms with Crippen molar-refractivity contribution in [3.63, 3.8) is 0 Å². The number of hydrogen-bond donors (Lipinski definition) is 2. The molecular weight excluding hydrogens is 757 g/mol. The van der Waals surface area contributed by atoms with Crippen molar-refractivity contribution in [3.05, 3.63) is 45.3 Å². The average Bonchev–Trinajstić information content (AvgIpc) is 3.62. The van der Waals surface area contributed by atoms with Crippen molar-refractivity contribution in [1.29, 1.82) is 0 Å². The highest BCUT2D eigenvalue weighted by Gasteiger charge is 2.26. The molecule has 2 aromatic heterocycles. The second-order valence-electron chi connectivity index (χ2n) is 16.0. The van der Waals surface area contributed by atoms with Crippen molar-refractivity contribution in [2.75, 3.05) is 33.4 Å². The monoisotopic (exact) mass is 838 g/mol. The molecule has 0 saturated carbocycles. The number of carbonyl (C=O) groups is 2. The number of phosphoric acid groups is 1. The molecule has 0 bridgehead atoms. The lowest BCUT2D eigenvalue weighted by atomic mass is 10.0. The maximum atomic E-state index is 12.7. The maximum absolute atomic E-state index is 12.7. The second-order valence-corrected chi connectivity index (χ2v) is 17.5.